The summed E-state index contributed by atoms with van der Waals surface area (Å²) in [6, 6.07) is 24.2. The Balaban J connectivity index is 1.92. The molecule has 0 saturated carbocycles. The van der Waals surface area contributed by atoms with Gasteiger partial charge in [0.2, 0.25) is 5.91 Å². The molecule has 0 aliphatic heterocycles. The Morgan fingerprint density at radius 3 is 2.24 bits per heavy atom. The van der Waals surface area contributed by atoms with Gasteiger partial charge >= 0.3 is 0 Å². The van der Waals surface area contributed by atoms with Gasteiger partial charge in [0.1, 0.15) is 11.8 Å². The molecule has 3 aromatic carbocycles. The number of amides is 2. The van der Waals surface area contributed by atoms with E-state index in [4.69, 9.17) is 16.3 Å². The molecule has 0 saturated heterocycles. The first-order valence-electron chi connectivity index (χ1n) is 12.8. The van der Waals surface area contributed by atoms with E-state index in [1.54, 1.807) is 11.0 Å². The fourth-order valence-electron chi connectivity index (χ4n) is 4.12. The molecule has 5 nitrogen and oxygen atoms in total. The number of para-hydroxylation sites is 1. The molecule has 6 heteroatoms. The van der Waals surface area contributed by atoms with Gasteiger partial charge < -0.3 is 15.0 Å². The first-order valence-corrected chi connectivity index (χ1v) is 13.2. The van der Waals surface area contributed by atoms with Gasteiger partial charge in [0.25, 0.3) is 5.91 Å². The summed E-state index contributed by atoms with van der Waals surface area (Å²) < 4.78 is 6.03. The number of benzene rings is 3. The lowest BCUT2D eigenvalue weighted by molar-refractivity contribution is -0.142. The molecule has 2 amide bonds. The van der Waals surface area contributed by atoms with Crippen LogP contribution in [-0.2, 0) is 22.6 Å². The van der Waals surface area contributed by atoms with Crippen LogP contribution in [0.1, 0.15) is 50.3 Å². The van der Waals surface area contributed by atoms with E-state index in [2.05, 4.69) is 19.2 Å². The summed E-state index contributed by atoms with van der Waals surface area (Å²) >= 11 is 6.25. The maximum absolute atomic E-state index is 13.7. The van der Waals surface area contributed by atoms with Gasteiger partial charge in [0, 0.05) is 24.5 Å². The highest BCUT2D eigenvalue weighted by atomic mass is 35.5. The van der Waals surface area contributed by atoms with Gasteiger partial charge in [-0.3, -0.25) is 9.59 Å². The van der Waals surface area contributed by atoms with Crippen LogP contribution < -0.4 is 10.1 Å². The summed E-state index contributed by atoms with van der Waals surface area (Å²) in [5.41, 5.74) is 2.85. The number of nitrogens with one attached hydrogen (secondary N) is 1. The molecule has 1 N–H and O–H groups in total. The fraction of sp³-hybridized carbons (Fsp3) is 0.355. The van der Waals surface area contributed by atoms with Crippen molar-refractivity contribution in [3.05, 3.63) is 101 Å². The summed E-state index contributed by atoms with van der Waals surface area (Å²) in [7, 11) is 0. The Morgan fingerprint density at radius 2 is 1.57 bits per heavy atom. The molecule has 37 heavy (non-hydrogen) atoms. The van der Waals surface area contributed by atoms with Crippen LogP contribution in [0.4, 0.5) is 0 Å². The van der Waals surface area contributed by atoms with Gasteiger partial charge in [0.15, 0.2) is 6.61 Å². The van der Waals surface area contributed by atoms with Gasteiger partial charge in [-0.05, 0) is 46.7 Å². The topological polar surface area (TPSA) is 58.6 Å². The highest BCUT2D eigenvalue weighted by Gasteiger charge is 2.31. The monoisotopic (exact) mass is 520 g/mol. The molecule has 196 valence electrons. The number of hydrogen-bond donors (Lipinski definition) is 1. The van der Waals surface area contributed by atoms with Crippen LogP contribution in [0.3, 0.4) is 0 Å². The van der Waals surface area contributed by atoms with Gasteiger partial charge in [-0.1, -0.05) is 100.0 Å². The van der Waals surface area contributed by atoms with Gasteiger partial charge in [-0.2, -0.15) is 0 Å². The minimum Gasteiger partial charge on any atom is -0.483 e. The molecule has 3 rings (SSSR count). The van der Waals surface area contributed by atoms with Crippen LogP contribution in [0.25, 0.3) is 0 Å². The standard InChI is InChI=1S/C31H37ClN2O3/c1-22(2)19-33-31(36)28(18-24-11-6-5-7-12-24)34(20-25-13-10-14-26(32)17-25)30(35)21-37-29-16-9-8-15-27(29)23(3)4/h5-17,22-23,28H,18-21H2,1-4H3,(H,33,36). The minimum atomic E-state index is -0.712. The number of nitrogens with zero attached hydrogens (tertiary/aromatic N) is 1. The zero-order valence-electron chi connectivity index (χ0n) is 22.1. The third kappa shape index (κ3) is 8.64. The quantitative estimate of drug-likeness (QED) is 0.307. The molecule has 0 aliphatic rings. The van der Waals surface area contributed by atoms with Crippen molar-refractivity contribution in [3.8, 4) is 5.75 Å². The summed E-state index contributed by atoms with van der Waals surface area (Å²) in [6.45, 7) is 8.85. The molecular formula is C31H37ClN2O3. The lowest BCUT2D eigenvalue weighted by atomic mass is 10.0. The van der Waals surface area contributed by atoms with E-state index in [0.29, 0.717) is 23.7 Å². The number of hydrogen-bond acceptors (Lipinski definition) is 3. The third-order valence-electron chi connectivity index (χ3n) is 6.09. The number of rotatable bonds is 12. The van der Waals surface area contributed by atoms with E-state index in [0.717, 1.165) is 16.7 Å². The molecule has 1 unspecified atom stereocenters. The van der Waals surface area contributed by atoms with Crippen LogP contribution in [0, 0.1) is 5.92 Å². The van der Waals surface area contributed by atoms with Crippen molar-refractivity contribution in [2.75, 3.05) is 13.2 Å². The molecular weight excluding hydrogens is 484 g/mol. The lowest BCUT2D eigenvalue weighted by Crippen LogP contribution is -2.52. The molecule has 3 aromatic rings. The van der Waals surface area contributed by atoms with Crippen molar-refractivity contribution in [1.29, 1.82) is 0 Å². The average Bonchev–Trinajstić information content (AvgIpc) is 2.88. The van der Waals surface area contributed by atoms with Crippen molar-refractivity contribution in [2.24, 2.45) is 5.92 Å². The zero-order chi connectivity index (χ0) is 26.8. The predicted molar refractivity (Wildman–Crippen MR) is 150 cm³/mol. The van der Waals surface area contributed by atoms with E-state index in [9.17, 15) is 9.59 Å². The summed E-state index contributed by atoms with van der Waals surface area (Å²) in [4.78, 5) is 28.9. The van der Waals surface area contributed by atoms with Crippen molar-refractivity contribution in [2.45, 2.75) is 52.6 Å². The Bertz CT molecular complexity index is 1160. The van der Waals surface area contributed by atoms with Gasteiger partial charge in [0.05, 0.1) is 0 Å². The number of carbonyl (C=O) groups is 2. The van der Waals surface area contributed by atoms with Gasteiger partial charge in [-0.25, -0.2) is 0 Å². The maximum Gasteiger partial charge on any atom is 0.261 e. The van der Waals surface area contributed by atoms with E-state index >= 15 is 0 Å². The molecule has 0 aromatic heterocycles. The highest BCUT2D eigenvalue weighted by molar-refractivity contribution is 6.30. The van der Waals surface area contributed by atoms with Gasteiger partial charge in [-0.15, -0.1) is 0 Å². The molecule has 0 radical (unpaired) electrons. The van der Waals surface area contributed by atoms with E-state index in [1.807, 2.05) is 86.6 Å². The van der Waals surface area contributed by atoms with E-state index < -0.39 is 6.04 Å². The molecule has 0 aliphatic carbocycles. The van der Waals surface area contributed by atoms with E-state index in [-0.39, 0.29) is 36.8 Å². The number of ether oxygens (including phenoxy) is 1. The highest BCUT2D eigenvalue weighted by Crippen LogP contribution is 2.26. The van der Waals surface area contributed by atoms with Crippen LogP contribution in [-0.4, -0.2) is 35.9 Å². The molecule has 0 spiro atoms. The van der Waals surface area contributed by atoms with Crippen LogP contribution in [0.15, 0.2) is 78.9 Å². The van der Waals surface area contributed by atoms with Crippen molar-refractivity contribution >= 4 is 23.4 Å². The fourth-order valence-corrected chi connectivity index (χ4v) is 4.33. The van der Waals surface area contributed by atoms with E-state index in [1.165, 1.54) is 0 Å². The Hall–Kier alpha value is -3.31. The molecule has 0 bridgehead atoms. The minimum absolute atomic E-state index is 0.174. The largest absolute Gasteiger partial charge is 0.483 e. The van der Waals surface area contributed by atoms with Crippen molar-refractivity contribution in [3.63, 3.8) is 0 Å². The first-order chi connectivity index (χ1) is 17.7. The summed E-state index contributed by atoms with van der Waals surface area (Å²) in [6.07, 6.45) is 0.389. The molecule has 0 heterocycles. The Morgan fingerprint density at radius 1 is 0.892 bits per heavy atom. The normalized spacial score (nSPS) is 11.9. The second kappa shape index (κ2) is 13.8. The maximum atomic E-state index is 13.7. The Kier molecular flexibility index (Phi) is 10.6. The van der Waals surface area contributed by atoms with Crippen molar-refractivity contribution < 1.29 is 14.3 Å². The number of carbonyl (C=O) groups excluding carboxylic acids is 2. The van der Waals surface area contributed by atoms with Crippen LogP contribution >= 0.6 is 11.6 Å². The zero-order valence-corrected chi connectivity index (χ0v) is 22.9. The summed E-state index contributed by atoms with van der Waals surface area (Å²) in [5, 5.41) is 3.61. The Labute approximate surface area is 225 Å². The van der Waals surface area contributed by atoms with Crippen LogP contribution in [0.2, 0.25) is 5.02 Å². The lowest BCUT2D eigenvalue weighted by Gasteiger charge is -2.32. The molecule has 1 atom stereocenters. The van der Waals surface area contributed by atoms with Crippen molar-refractivity contribution in [1.82, 2.24) is 10.2 Å². The second-order valence-corrected chi connectivity index (χ2v) is 10.4. The predicted octanol–water partition coefficient (Wildman–Crippen LogP) is 6.25. The average molecular weight is 521 g/mol. The SMILES string of the molecule is CC(C)CNC(=O)C(Cc1ccccc1)N(Cc1cccc(Cl)c1)C(=O)COc1ccccc1C(C)C. The van der Waals surface area contributed by atoms with Crippen LogP contribution in [0.5, 0.6) is 5.75 Å². The number of halogens is 1. The second-order valence-electron chi connectivity index (χ2n) is 9.98. The smallest absolute Gasteiger partial charge is 0.261 e. The summed E-state index contributed by atoms with van der Waals surface area (Å²) in [5.74, 6) is 0.767. The first kappa shape index (κ1) is 28.3. The third-order valence-corrected chi connectivity index (χ3v) is 6.32. The molecule has 0 fully saturated rings.